The topological polar surface area (TPSA) is 56.3 Å². The Kier molecular flexibility index (Phi) is 2.36. The minimum Gasteiger partial charge on any atom is -0.480 e. The van der Waals surface area contributed by atoms with E-state index in [1.165, 1.54) is 13.2 Å². The van der Waals surface area contributed by atoms with Gasteiger partial charge in [0.1, 0.15) is 0 Å². The standard InChI is InChI=1S/C4H4ClNO3S2/c1-9-3-2-4(10-6-3)11(5,7)8/h2H,1H3. The van der Waals surface area contributed by atoms with Gasteiger partial charge in [0.25, 0.3) is 9.05 Å². The monoisotopic (exact) mass is 213 g/mol. The van der Waals surface area contributed by atoms with Crippen molar-refractivity contribution in [3.05, 3.63) is 6.07 Å². The van der Waals surface area contributed by atoms with E-state index in [0.29, 0.717) is 0 Å². The molecule has 1 rings (SSSR count). The molecule has 0 atom stereocenters. The first-order chi connectivity index (χ1) is 5.04. The van der Waals surface area contributed by atoms with Crippen LogP contribution in [0.25, 0.3) is 0 Å². The van der Waals surface area contributed by atoms with Gasteiger partial charge < -0.3 is 4.74 Å². The highest BCUT2D eigenvalue weighted by Crippen LogP contribution is 2.23. The normalized spacial score (nSPS) is 11.5. The average molecular weight is 214 g/mol. The van der Waals surface area contributed by atoms with Crippen LogP contribution in [-0.2, 0) is 9.05 Å². The van der Waals surface area contributed by atoms with E-state index in [-0.39, 0.29) is 10.1 Å². The van der Waals surface area contributed by atoms with E-state index in [4.69, 9.17) is 10.7 Å². The molecule has 62 valence electrons. The lowest BCUT2D eigenvalue weighted by Crippen LogP contribution is -1.84. The summed E-state index contributed by atoms with van der Waals surface area (Å²) in [7, 11) is 2.77. The molecule has 0 unspecified atom stereocenters. The second-order valence-corrected chi connectivity index (χ2v) is 5.22. The molecule has 7 heteroatoms. The molecular weight excluding hydrogens is 210 g/mol. The zero-order valence-electron chi connectivity index (χ0n) is 5.44. The first kappa shape index (κ1) is 8.76. The third-order valence-corrected chi connectivity index (χ3v) is 3.74. The SMILES string of the molecule is COc1cc(S(=O)(=O)Cl)sn1. The van der Waals surface area contributed by atoms with Gasteiger partial charge in [0.2, 0.25) is 5.88 Å². The lowest BCUT2D eigenvalue weighted by molar-refractivity contribution is 0.402. The van der Waals surface area contributed by atoms with E-state index in [1.54, 1.807) is 0 Å². The molecule has 0 saturated carbocycles. The van der Waals surface area contributed by atoms with Crippen molar-refractivity contribution in [1.29, 1.82) is 0 Å². The molecule has 0 aliphatic rings. The van der Waals surface area contributed by atoms with Crippen LogP contribution < -0.4 is 4.74 Å². The number of halogens is 1. The summed E-state index contributed by atoms with van der Waals surface area (Å²) in [6, 6.07) is 1.27. The van der Waals surface area contributed by atoms with E-state index >= 15 is 0 Å². The molecule has 0 aliphatic heterocycles. The summed E-state index contributed by atoms with van der Waals surface area (Å²) in [6.45, 7) is 0. The Morgan fingerprint density at radius 1 is 1.73 bits per heavy atom. The Hall–Kier alpha value is -0.330. The van der Waals surface area contributed by atoms with Crippen LogP contribution in [0, 0.1) is 0 Å². The van der Waals surface area contributed by atoms with E-state index in [1.807, 2.05) is 0 Å². The molecule has 0 spiro atoms. The summed E-state index contributed by atoms with van der Waals surface area (Å²) < 4.78 is 29.6. The molecule has 0 aromatic carbocycles. The van der Waals surface area contributed by atoms with Crippen LogP contribution in [0.1, 0.15) is 0 Å². The van der Waals surface area contributed by atoms with Crippen LogP contribution in [0.4, 0.5) is 0 Å². The number of methoxy groups -OCH3 is 1. The molecule has 1 aromatic heterocycles. The number of hydrogen-bond acceptors (Lipinski definition) is 5. The van der Waals surface area contributed by atoms with Gasteiger partial charge in [-0.3, -0.25) is 0 Å². The van der Waals surface area contributed by atoms with Crippen molar-refractivity contribution in [1.82, 2.24) is 4.37 Å². The van der Waals surface area contributed by atoms with Crippen LogP contribution in [0.15, 0.2) is 10.3 Å². The largest absolute Gasteiger partial charge is 0.480 e. The van der Waals surface area contributed by atoms with Gasteiger partial charge in [0.05, 0.1) is 7.11 Å². The molecule has 0 saturated heterocycles. The molecule has 1 heterocycles. The molecule has 0 N–H and O–H groups in total. The maximum absolute atomic E-state index is 10.6. The predicted molar refractivity (Wildman–Crippen MR) is 41.7 cm³/mol. The molecule has 0 radical (unpaired) electrons. The van der Waals surface area contributed by atoms with Crippen molar-refractivity contribution < 1.29 is 13.2 Å². The smallest absolute Gasteiger partial charge is 0.272 e. The summed E-state index contributed by atoms with van der Waals surface area (Å²) >= 11 is 0.786. The second-order valence-electron chi connectivity index (χ2n) is 1.63. The molecule has 0 aliphatic carbocycles. The highest BCUT2D eigenvalue weighted by Gasteiger charge is 2.14. The van der Waals surface area contributed by atoms with Crippen molar-refractivity contribution >= 4 is 31.3 Å². The average Bonchev–Trinajstić information content (AvgIpc) is 2.32. The van der Waals surface area contributed by atoms with Crippen molar-refractivity contribution in [2.24, 2.45) is 0 Å². The van der Waals surface area contributed by atoms with Gasteiger partial charge in [0.15, 0.2) is 4.21 Å². The summed E-state index contributed by atoms with van der Waals surface area (Å²) in [5.41, 5.74) is 0. The quantitative estimate of drug-likeness (QED) is 0.690. The number of rotatable bonds is 2. The summed E-state index contributed by atoms with van der Waals surface area (Å²) in [5, 5.41) is 0. The van der Waals surface area contributed by atoms with Gasteiger partial charge in [-0.05, 0) is 11.5 Å². The van der Waals surface area contributed by atoms with Crippen LogP contribution in [0.2, 0.25) is 0 Å². The van der Waals surface area contributed by atoms with E-state index < -0.39 is 9.05 Å². The fraction of sp³-hybridized carbons (Fsp3) is 0.250. The lowest BCUT2D eigenvalue weighted by Gasteiger charge is -1.86. The van der Waals surface area contributed by atoms with Gasteiger partial charge in [-0.2, -0.15) is 4.37 Å². The van der Waals surface area contributed by atoms with E-state index in [9.17, 15) is 8.42 Å². The summed E-state index contributed by atoms with van der Waals surface area (Å²) in [4.78, 5) is 0. The number of ether oxygens (including phenoxy) is 1. The van der Waals surface area contributed by atoms with Crippen LogP contribution in [-0.4, -0.2) is 19.9 Å². The van der Waals surface area contributed by atoms with Crippen LogP contribution >= 0.6 is 22.2 Å². The van der Waals surface area contributed by atoms with Gasteiger partial charge in [-0.25, -0.2) is 8.42 Å². The zero-order valence-corrected chi connectivity index (χ0v) is 7.83. The summed E-state index contributed by atoms with van der Waals surface area (Å²) in [6.07, 6.45) is 0. The van der Waals surface area contributed by atoms with Gasteiger partial charge >= 0.3 is 0 Å². The molecule has 0 amide bonds. The Morgan fingerprint density at radius 3 is 2.64 bits per heavy atom. The number of aromatic nitrogens is 1. The fourth-order valence-corrected chi connectivity index (χ4v) is 2.01. The molecular formula is C4H4ClNO3S2. The summed E-state index contributed by atoms with van der Waals surface area (Å²) in [5.74, 6) is 0.259. The van der Waals surface area contributed by atoms with Crippen molar-refractivity contribution in [3.8, 4) is 5.88 Å². The highest BCUT2D eigenvalue weighted by atomic mass is 35.7. The van der Waals surface area contributed by atoms with Crippen molar-refractivity contribution in [3.63, 3.8) is 0 Å². The molecule has 1 aromatic rings. The first-order valence-electron chi connectivity index (χ1n) is 2.49. The van der Waals surface area contributed by atoms with Crippen LogP contribution in [0.5, 0.6) is 5.88 Å². The molecule has 0 bridgehead atoms. The Balaban J connectivity index is 3.09. The first-order valence-corrected chi connectivity index (χ1v) is 5.57. The Morgan fingerprint density at radius 2 is 2.36 bits per heavy atom. The molecule has 11 heavy (non-hydrogen) atoms. The van der Waals surface area contributed by atoms with Crippen LogP contribution in [0.3, 0.4) is 0 Å². The molecule has 4 nitrogen and oxygen atoms in total. The van der Waals surface area contributed by atoms with E-state index in [0.717, 1.165) is 11.5 Å². The Labute approximate surface area is 72.3 Å². The third kappa shape index (κ3) is 2.05. The second kappa shape index (κ2) is 2.96. The number of hydrogen-bond donors (Lipinski definition) is 0. The minimum absolute atomic E-state index is 0.00369. The van der Waals surface area contributed by atoms with Gasteiger partial charge in [-0.1, -0.05) is 0 Å². The maximum Gasteiger partial charge on any atom is 0.272 e. The fourth-order valence-electron chi connectivity index (χ4n) is 0.455. The van der Waals surface area contributed by atoms with Crippen molar-refractivity contribution in [2.45, 2.75) is 4.21 Å². The Bertz CT molecular complexity index is 344. The molecule has 0 fully saturated rings. The minimum atomic E-state index is -3.64. The van der Waals surface area contributed by atoms with Gasteiger partial charge in [-0.15, -0.1) is 0 Å². The predicted octanol–water partition coefficient (Wildman–Crippen LogP) is 1.08. The zero-order chi connectivity index (χ0) is 8.48. The highest BCUT2D eigenvalue weighted by molar-refractivity contribution is 8.15. The third-order valence-electron chi connectivity index (χ3n) is 0.916. The van der Waals surface area contributed by atoms with Gasteiger partial charge in [0, 0.05) is 16.7 Å². The number of nitrogens with zero attached hydrogens (tertiary/aromatic N) is 1. The maximum atomic E-state index is 10.6. The van der Waals surface area contributed by atoms with Crippen molar-refractivity contribution in [2.75, 3.05) is 7.11 Å². The lowest BCUT2D eigenvalue weighted by atomic mass is 10.7. The van der Waals surface area contributed by atoms with E-state index in [2.05, 4.69) is 9.11 Å².